The number of nitrogens with zero attached hydrogens (tertiary/aromatic N) is 3. The molecule has 1 saturated heterocycles. The Bertz CT molecular complexity index is 969. The first kappa shape index (κ1) is 19.6. The minimum absolute atomic E-state index is 0.155. The Kier molecular flexibility index (Phi) is 6.20. The highest BCUT2D eigenvalue weighted by atomic mass is 35.5. The number of rotatable bonds is 5. The summed E-state index contributed by atoms with van der Waals surface area (Å²) in [5.74, 6) is 0.544. The number of halogens is 1. The summed E-state index contributed by atoms with van der Waals surface area (Å²) in [6.07, 6.45) is 4.72. The van der Waals surface area contributed by atoms with Gasteiger partial charge in [0.2, 0.25) is 5.91 Å². The van der Waals surface area contributed by atoms with Crippen LogP contribution in [0.1, 0.15) is 41.4 Å². The lowest BCUT2D eigenvalue weighted by molar-refractivity contribution is -0.131. The summed E-state index contributed by atoms with van der Waals surface area (Å²) in [5, 5.41) is 0.777. The van der Waals surface area contributed by atoms with E-state index in [1.54, 1.807) is 6.20 Å². The topological polar surface area (TPSA) is 46.1 Å². The molecule has 0 radical (unpaired) electrons. The molecule has 1 aliphatic rings. The highest BCUT2D eigenvalue weighted by molar-refractivity contribution is 6.31. The van der Waals surface area contributed by atoms with Crippen LogP contribution in [-0.2, 0) is 17.6 Å². The molecule has 0 saturated carbocycles. The fraction of sp³-hybridized carbons (Fsp3) is 0.292. The Labute approximate surface area is 176 Å². The van der Waals surface area contributed by atoms with E-state index < -0.39 is 0 Å². The van der Waals surface area contributed by atoms with Gasteiger partial charge in [-0.25, -0.2) is 0 Å². The van der Waals surface area contributed by atoms with Gasteiger partial charge < -0.3 is 4.90 Å². The van der Waals surface area contributed by atoms with E-state index in [0.29, 0.717) is 12.3 Å². The van der Waals surface area contributed by atoms with Crippen LogP contribution in [0.25, 0.3) is 0 Å². The molecule has 4 rings (SSSR count). The molecule has 0 atom stereocenters. The van der Waals surface area contributed by atoms with Gasteiger partial charge in [0.05, 0.1) is 6.42 Å². The van der Waals surface area contributed by atoms with E-state index in [1.807, 2.05) is 47.4 Å². The van der Waals surface area contributed by atoms with Crippen molar-refractivity contribution in [2.75, 3.05) is 13.1 Å². The Morgan fingerprint density at radius 2 is 1.72 bits per heavy atom. The van der Waals surface area contributed by atoms with E-state index in [0.717, 1.165) is 60.0 Å². The SMILES string of the molecule is O=C(Cc1ccccn1)N1CCC(c2cccc(Cc3ccccc3Cl)n2)CC1. The molecular formula is C24H24ClN3O. The number of amides is 1. The highest BCUT2D eigenvalue weighted by Crippen LogP contribution is 2.28. The van der Waals surface area contributed by atoms with Gasteiger partial charge in [-0.15, -0.1) is 0 Å². The average molecular weight is 406 g/mol. The number of pyridine rings is 2. The lowest BCUT2D eigenvalue weighted by Crippen LogP contribution is -2.39. The van der Waals surface area contributed by atoms with Gasteiger partial charge >= 0.3 is 0 Å². The minimum Gasteiger partial charge on any atom is -0.342 e. The number of hydrogen-bond donors (Lipinski definition) is 0. The van der Waals surface area contributed by atoms with Crippen molar-refractivity contribution in [3.8, 4) is 0 Å². The molecule has 1 amide bonds. The molecule has 0 N–H and O–H groups in total. The number of hydrogen-bond acceptors (Lipinski definition) is 3. The molecule has 1 aliphatic heterocycles. The molecule has 0 bridgehead atoms. The predicted molar refractivity (Wildman–Crippen MR) is 115 cm³/mol. The molecule has 148 valence electrons. The standard InChI is InChI=1S/C24H24ClN3O/c25-22-9-2-1-6-19(22)16-21-8-5-10-23(27-21)18-11-14-28(15-12-18)24(29)17-20-7-3-4-13-26-20/h1-10,13,18H,11-12,14-17H2. The van der Waals surface area contributed by atoms with E-state index in [-0.39, 0.29) is 5.91 Å². The first-order chi connectivity index (χ1) is 14.2. The Morgan fingerprint density at radius 3 is 2.48 bits per heavy atom. The summed E-state index contributed by atoms with van der Waals surface area (Å²) in [6, 6.07) is 19.8. The number of benzene rings is 1. The van der Waals surface area contributed by atoms with Gasteiger partial charge in [0.15, 0.2) is 0 Å². The molecule has 3 heterocycles. The zero-order valence-electron chi connectivity index (χ0n) is 16.3. The molecule has 5 heteroatoms. The number of aromatic nitrogens is 2. The number of carbonyl (C=O) groups excluding carboxylic acids is 1. The van der Waals surface area contributed by atoms with Gasteiger partial charge in [-0.3, -0.25) is 14.8 Å². The normalized spacial score (nSPS) is 14.7. The second kappa shape index (κ2) is 9.19. The smallest absolute Gasteiger partial charge is 0.228 e. The number of carbonyl (C=O) groups is 1. The Balaban J connectivity index is 1.36. The summed E-state index contributed by atoms with van der Waals surface area (Å²) in [4.78, 5) is 23.7. The van der Waals surface area contributed by atoms with Gasteiger partial charge in [0.1, 0.15) is 0 Å². The average Bonchev–Trinajstić information content (AvgIpc) is 2.76. The first-order valence-electron chi connectivity index (χ1n) is 10.1. The molecule has 1 fully saturated rings. The quantitative estimate of drug-likeness (QED) is 0.619. The summed E-state index contributed by atoms with van der Waals surface area (Å²) in [7, 11) is 0. The monoisotopic (exact) mass is 405 g/mol. The zero-order valence-corrected chi connectivity index (χ0v) is 17.1. The lowest BCUT2D eigenvalue weighted by Gasteiger charge is -2.32. The molecular weight excluding hydrogens is 382 g/mol. The van der Waals surface area contributed by atoms with Crippen LogP contribution in [0, 0.1) is 0 Å². The lowest BCUT2D eigenvalue weighted by atomic mass is 9.92. The molecule has 3 aromatic rings. The van der Waals surface area contributed by atoms with E-state index in [2.05, 4.69) is 23.2 Å². The maximum Gasteiger partial charge on any atom is 0.228 e. The first-order valence-corrected chi connectivity index (χ1v) is 10.4. The van der Waals surface area contributed by atoms with Crippen LogP contribution in [-0.4, -0.2) is 33.9 Å². The zero-order chi connectivity index (χ0) is 20.1. The molecule has 2 aromatic heterocycles. The summed E-state index contributed by atoms with van der Waals surface area (Å²) >= 11 is 6.30. The van der Waals surface area contributed by atoms with Crippen molar-refractivity contribution in [3.63, 3.8) is 0 Å². The van der Waals surface area contributed by atoms with Crippen LogP contribution in [0.3, 0.4) is 0 Å². The van der Waals surface area contributed by atoms with E-state index in [1.165, 1.54) is 0 Å². The summed E-state index contributed by atoms with van der Waals surface area (Å²) in [5.41, 5.74) is 4.07. The van der Waals surface area contributed by atoms with Crippen LogP contribution < -0.4 is 0 Å². The van der Waals surface area contributed by atoms with Crippen molar-refractivity contribution in [1.29, 1.82) is 0 Å². The van der Waals surface area contributed by atoms with Crippen LogP contribution in [0.2, 0.25) is 5.02 Å². The van der Waals surface area contributed by atoms with E-state index in [9.17, 15) is 4.79 Å². The van der Waals surface area contributed by atoms with Crippen LogP contribution in [0.5, 0.6) is 0 Å². The maximum absolute atomic E-state index is 12.6. The predicted octanol–water partition coefficient (Wildman–Crippen LogP) is 4.67. The van der Waals surface area contributed by atoms with Crippen molar-refractivity contribution in [3.05, 3.63) is 94.5 Å². The van der Waals surface area contributed by atoms with E-state index in [4.69, 9.17) is 16.6 Å². The second-order valence-corrected chi connectivity index (χ2v) is 7.88. The molecule has 1 aromatic carbocycles. The highest BCUT2D eigenvalue weighted by Gasteiger charge is 2.25. The van der Waals surface area contributed by atoms with Gasteiger partial charge in [-0.1, -0.05) is 41.9 Å². The largest absolute Gasteiger partial charge is 0.342 e. The van der Waals surface area contributed by atoms with Crippen molar-refractivity contribution in [2.24, 2.45) is 0 Å². The van der Waals surface area contributed by atoms with Crippen molar-refractivity contribution in [2.45, 2.75) is 31.6 Å². The minimum atomic E-state index is 0.155. The number of likely N-dealkylation sites (tertiary alicyclic amines) is 1. The van der Waals surface area contributed by atoms with E-state index >= 15 is 0 Å². The van der Waals surface area contributed by atoms with Gasteiger partial charge in [0, 0.05) is 53.7 Å². The van der Waals surface area contributed by atoms with Crippen LogP contribution >= 0.6 is 11.6 Å². The Morgan fingerprint density at radius 1 is 0.966 bits per heavy atom. The van der Waals surface area contributed by atoms with Crippen LogP contribution in [0.15, 0.2) is 66.9 Å². The Hall–Kier alpha value is -2.72. The molecule has 0 unspecified atom stereocenters. The van der Waals surface area contributed by atoms with Crippen molar-refractivity contribution < 1.29 is 4.79 Å². The van der Waals surface area contributed by atoms with Crippen molar-refractivity contribution >= 4 is 17.5 Å². The number of piperidine rings is 1. The van der Waals surface area contributed by atoms with Crippen LogP contribution in [0.4, 0.5) is 0 Å². The third kappa shape index (κ3) is 5.01. The molecule has 29 heavy (non-hydrogen) atoms. The maximum atomic E-state index is 12.6. The fourth-order valence-electron chi connectivity index (χ4n) is 3.85. The third-order valence-electron chi connectivity index (χ3n) is 5.48. The molecule has 0 aliphatic carbocycles. The second-order valence-electron chi connectivity index (χ2n) is 7.47. The molecule has 0 spiro atoms. The summed E-state index contributed by atoms with van der Waals surface area (Å²) in [6.45, 7) is 1.54. The van der Waals surface area contributed by atoms with Gasteiger partial charge in [-0.05, 0) is 48.7 Å². The fourth-order valence-corrected chi connectivity index (χ4v) is 4.06. The van der Waals surface area contributed by atoms with Gasteiger partial charge in [0.25, 0.3) is 0 Å². The van der Waals surface area contributed by atoms with Crippen molar-refractivity contribution in [1.82, 2.24) is 14.9 Å². The summed E-state index contributed by atoms with van der Waals surface area (Å²) < 4.78 is 0. The van der Waals surface area contributed by atoms with Gasteiger partial charge in [-0.2, -0.15) is 0 Å². The third-order valence-corrected chi connectivity index (χ3v) is 5.85. The molecule has 4 nitrogen and oxygen atoms in total.